The molecule has 0 fully saturated rings. The number of hydrogen-bond donors (Lipinski definition) is 2. The van der Waals surface area contributed by atoms with E-state index >= 15 is 0 Å². The van der Waals surface area contributed by atoms with Crippen LogP contribution in [0.2, 0.25) is 5.02 Å². The number of nitrogens with one attached hydrogen (secondary N) is 2. The number of guanidine groups is 1. The molecule has 0 spiro atoms. The Morgan fingerprint density at radius 2 is 2.04 bits per heavy atom. The fourth-order valence-electron chi connectivity index (χ4n) is 2.44. The van der Waals surface area contributed by atoms with Gasteiger partial charge in [0, 0.05) is 11.4 Å². The molecule has 6 nitrogen and oxygen atoms in total. The van der Waals surface area contributed by atoms with Crippen LogP contribution in [-0.2, 0) is 13.1 Å². The molecule has 0 amide bonds. The van der Waals surface area contributed by atoms with Gasteiger partial charge in [-0.1, -0.05) is 11.6 Å². The summed E-state index contributed by atoms with van der Waals surface area (Å²) in [5, 5.41) is 8.13. The highest BCUT2D eigenvalue weighted by Crippen LogP contribution is 2.36. The minimum atomic E-state index is 0.466. The zero-order valence-electron chi connectivity index (χ0n) is 16.5. The second kappa shape index (κ2) is 10.4. The van der Waals surface area contributed by atoms with Gasteiger partial charge in [0.15, 0.2) is 17.5 Å². The summed E-state index contributed by atoms with van der Waals surface area (Å²) in [7, 11) is 1.60. The predicted molar refractivity (Wildman–Crippen MR) is 112 cm³/mol. The lowest BCUT2D eigenvalue weighted by atomic mass is 10.2. The van der Waals surface area contributed by atoms with Crippen molar-refractivity contribution in [3.05, 3.63) is 38.3 Å². The maximum absolute atomic E-state index is 6.34. The van der Waals surface area contributed by atoms with Crippen LogP contribution in [0, 0.1) is 13.8 Å². The van der Waals surface area contributed by atoms with Crippen LogP contribution in [-0.4, -0.2) is 31.2 Å². The fraction of sp³-hybridized carbons (Fsp3) is 0.474. The van der Waals surface area contributed by atoms with Crippen LogP contribution >= 0.6 is 22.9 Å². The third-order valence-electron chi connectivity index (χ3n) is 3.82. The molecule has 8 heteroatoms. The lowest BCUT2D eigenvalue weighted by Gasteiger charge is -2.13. The van der Waals surface area contributed by atoms with Gasteiger partial charge in [-0.3, -0.25) is 0 Å². The van der Waals surface area contributed by atoms with Gasteiger partial charge in [-0.05, 0) is 45.4 Å². The van der Waals surface area contributed by atoms with Gasteiger partial charge in [-0.2, -0.15) is 0 Å². The van der Waals surface area contributed by atoms with Crippen LogP contribution in [0.4, 0.5) is 0 Å². The molecular formula is C19H27ClN4O2S. The molecule has 0 radical (unpaired) electrons. The Morgan fingerprint density at radius 1 is 1.26 bits per heavy atom. The van der Waals surface area contributed by atoms with Gasteiger partial charge < -0.3 is 20.1 Å². The lowest BCUT2D eigenvalue weighted by molar-refractivity contribution is 0.311. The molecule has 1 aromatic carbocycles. The summed E-state index contributed by atoms with van der Waals surface area (Å²) in [6.07, 6.45) is 0. The van der Waals surface area contributed by atoms with Crippen LogP contribution in [0.15, 0.2) is 17.1 Å². The molecule has 0 aliphatic carbocycles. The number of benzene rings is 1. The van der Waals surface area contributed by atoms with Gasteiger partial charge in [-0.15, -0.1) is 11.3 Å². The number of ether oxygens (including phenoxy) is 2. The van der Waals surface area contributed by atoms with Crippen molar-refractivity contribution in [2.24, 2.45) is 4.99 Å². The maximum Gasteiger partial charge on any atom is 0.191 e. The Hall–Kier alpha value is -1.99. The fourth-order valence-corrected chi connectivity index (χ4v) is 3.60. The number of thiazole rings is 1. The molecule has 148 valence electrons. The molecule has 0 aliphatic heterocycles. The number of nitrogens with zero attached hydrogens (tertiary/aromatic N) is 2. The molecule has 27 heavy (non-hydrogen) atoms. The first-order valence-electron chi connectivity index (χ1n) is 8.92. The number of hydrogen-bond acceptors (Lipinski definition) is 5. The van der Waals surface area contributed by atoms with E-state index in [-0.39, 0.29) is 0 Å². The molecule has 0 saturated heterocycles. The third kappa shape index (κ3) is 6.01. The van der Waals surface area contributed by atoms with Gasteiger partial charge in [-0.25, -0.2) is 9.98 Å². The van der Waals surface area contributed by atoms with Crippen molar-refractivity contribution in [1.82, 2.24) is 15.6 Å². The Bertz CT molecular complexity index is 773. The zero-order valence-corrected chi connectivity index (χ0v) is 18.1. The van der Waals surface area contributed by atoms with Crippen molar-refractivity contribution in [3.63, 3.8) is 0 Å². The maximum atomic E-state index is 6.34. The van der Waals surface area contributed by atoms with Crippen LogP contribution in [0.3, 0.4) is 0 Å². The topological polar surface area (TPSA) is 67.8 Å². The Kier molecular flexibility index (Phi) is 8.19. The molecule has 2 rings (SSSR count). The molecule has 0 aliphatic rings. The molecule has 1 heterocycles. The van der Waals surface area contributed by atoms with E-state index in [9.17, 15) is 0 Å². The van der Waals surface area contributed by atoms with Crippen molar-refractivity contribution < 1.29 is 9.47 Å². The standard InChI is InChI=1S/C19H27ClN4O2S/c1-6-21-19(23-11-17-24-12(3)13(4)27-17)22-10-14-8-15(20)18(26-7-2)16(9-14)25-5/h8-9H,6-7,10-11H2,1-5H3,(H2,21,22,23). The van der Waals surface area contributed by atoms with Gasteiger partial charge in [0.2, 0.25) is 0 Å². The third-order valence-corrected chi connectivity index (χ3v) is 5.18. The number of halogens is 1. The van der Waals surface area contributed by atoms with Crippen LogP contribution in [0.25, 0.3) is 0 Å². The molecule has 2 aromatic rings. The van der Waals surface area contributed by atoms with E-state index in [2.05, 4.69) is 27.5 Å². The van der Waals surface area contributed by atoms with E-state index in [4.69, 9.17) is 21.1 Å². The average molecular weight is 411 g/mol. The first-order chi connectivity index (χ1) is 13.0. The van der Waals surface area contributed by atoms with Gasteiger partial charge >= 0.3 is 0 Å². The molecule has 0 unspecified atom stereocenters. The van der Waals surface area contributed by atoms with Gasteiger partial charge in [0.1, 0.15) is 5.01 Å². The highest BCUT2D eigenvalue weighted by molar-refractivity contribution is 7.11. The molecule has 0 saturated carbocycles. The molecule has 2 N–H and O–H groups in total. The Morgan fingerprint density at radius 3 is 2.63 bits per heavy atom. The number of aryl methyl sites for hydroxylation is 2. The first kappa shape index (κ1) is 21.3. The quantitative estimate of drug-likeness (QED) is 0.507. The summed E-state index contributed by atoms with van der Waals surface area (Å²) in [5.41, 5.74) is 2.02. The Balaban J connectivity index is 2.10. The monoisotopic (exact) mass is 410 g/mol. The van der Waals surface area contributed by atoms with E-state index in [1.807, 2.05) is 32.9 Å². The first-order valence-corrected chi connectivity index (χ1v) is 10.1. The molecular weight excluding hydrogens is 384 g/mol. The summed E-state index contributed by atoms with van der Waals surface area (Å²) >= 11 is 8.03. The smallest absolute Gasteiger partial charge is 0.191 e. The molecule has 0 bridgehead atoms. The highest BCUT2D eigenvalue weighted by Gasteiger charge is 2.12. The summed E-state index contributed by atoms with van der Waals surface area (Å²) in [6.45, 7) is 10.5. The summed E-state index contributed by atoms with van der Waals surface area (Å²) in [5.74, 6) is 1.90. The van der Waals surface area contributed by atoms with E-state index in [0.717, 1.165) is 28.8 Å². The number of aliphatic imine (C=N–C) groups is 1. The zero-order chi connectivity index (χ0) is 19.8. The summed E-state index contributed by atoms with van der Waals surface area (Å²) < 4.78 is 11.0. The largest absolute Gasteiger partial charge is 0.493 e. The summed E-state index contributed by atoms with van der Waals surface area (Å²) in [4.78, 5) is 10.4. The Labute approximate surface area is 170 Å². The van der Waals surface area contributed by atoms with Gasteiger partial charge in [0.25, 0.3) is 0 Å². The second-order valence-electron chi connectivity index (χ2n) is 5.84. The normalized spacial score (nSPS) is 11.4. The minimum Gasteiger partial charge on any atom is -0.493 e. The number of methoxy groups -OCH3 is 1. The van der Waals surface area contributed by atoms with E-state index < -0.39 is 0 Å². The van der Waals surface area contributed by atoms with E-state index in [1.165, 1.54) is 4.88 Å². The summed E-state index contributed by atoms with van der Waals surface area (Å²) in [6, 6.07) is 3.76. The molecule has 0 atom stereocenters. The second-order valence-corrected chi connectivity index (χ2v) is 7.53. The van der Waals surface area contributed by atoms with Crippen molar-refractivity contribution in [2.45, 2.75) is 40.8 Å². The van der Waals surface area contributed by atoms with Gasteiger partial charge in [0.05, 0.1) is 37.5 Å². The van der Waals surface area contributed by atoms with Crippen LogP contribution in [0.5, 0.6) is 11.5 Å². The highest BCUT2D eigenvalue weighted by atomic mass is 35.5. The number of rotatable bonds is 8. The average Bonchev–Trinajstić information content (AvgIpc) is 2.97. The van der Waals surface area contributed by atoms with E-state index in [1.54, 1.807) is 18.4 Å². The van der Waals surface area contributed by atoms with Crippen molar-refractivity contribution in [2.75, 3.05) is 20.3 Å². The minimum absolute atomic E-state index is 0.466. The van der Waals surface area contributed by atoms with Crippen molar-refractivity contribution in [1.29, 1.82) is 0 Å². The predicted octanol–water partition coefficient (Wildman–Crippen LogP) is 4.08. The molecule has 1 aromatic heterocycles. The van der Waals surface area contributed by atoms with Crippen molar-refractivity contribution >= 4 is 28.9 Å². The number of aromatic nitrogens is 1. The lowest BCUT2D eigenvalue weighted by Crippen LogP contribution is -2.36. The van der Waals surface area contributed by atoms with E-state index in [0.29, 0.717) is 36.2 Å². The SMILES string of the molecule is CCNC(=NCc1cc(Cl)c(OCC)c(OC)c1)NCc1nc(C)c(C)s1. The van der Waals surface area contributed by atoms with Crippen LogP contribution < -0.4 is 20.1 Å². The van der Waals surface area contributed by atoms with Crippen LogP contribution in [0.1, 0.15) is 35.0 Å². The van der Waals surface area contributed by atoms with Crippen molar-refractivity contribution in [3.8, 4) is 11.5 Å².